The largest absolute Gasteiger partial charge is 0.313 e. The van der Waals surface area contributed by atoms with Crippen molar-refractivity contribution in [3.63, 3.8) is 0 Å². The highest BCUT2D eigenvalue weighted by atomic mass is 19.1. The van der Waals surface area contributed by atoms with E-state index in [4.69, 9.17) is 0 Å². The van der Waals surface area contributed by atoms with Crippen molar-refractivity contribution in [3.8, 4) is 0 Å². The SMILES string of the molecule is CNC(CCN1CCCC1C)c1ccc(F)cc1. The summed E-state index contributed by atoms with van der Waals surface area (Å²) in [5.74, 6) is -0.165. The summed E-state index contributed by atoms with van der Waals surface area (Å²) < 4.78 is 12.9. The Morgan fingerprint density at radius 3 is 2.67 bits per heavy atom. The van der Waals surface area contributed by atoms with E-state index in [0.29, 0.717) is 6.04 Å². The van der Waals surface area contributed by atoms with Crippen LogP contribution >= 0.6 is 0 Å². The Morgan fingerprint density at radius 1 is 1.39 bits per heavy atom. The minimum absolute atomic E-state index is 0.165. The van der Waals surface area contributed by atoms with E-state index in [1.807, 2.05) is 19.2 Å². The zero-order chi connectivity index (χ0) is 13.0. The molecule has 3 heteroatoms. The third-order valence-corrected chi connectivity index (χ3v) is 4.02. The summed E-state index contributed by atoms with van der Waals surface area (Å²) in [7, 11) is 1.97. The highest BCUT2D eigenvalue weighted by molar-refractivity contribution is 5.19. The first-order valence-electron chi connectivity index (χ1n) is 6.87. The molecule has 1 aromatic rings. The number of nitrogens with one attached hydrogen (secondary N) is 1. The lowest BCUT2D eigenvalue weighted by molar-refractivity contribution is 0.253. The van der Waals surface area contributed by atoms with Crippen LogP contribution < -0.4 is 5.32 Å². The van der Waals surface area contributed by atoms with Crippen molar-refractivity contribution < 1.29 is 4.39 Å². The van der Waals surface area contributed by atoms with E-state index < -0.39 is 0 Å². The van der Waals surface area contributed by atoms with Crippen molar-refractivity contribution in [1.29, 1.82) is 0 Å². The van der Waals surface area contributed by atoms with Gasteiger partial charge in [0.2, 0.25) is 0 Å². The van der Waals surface area contributed by atoms with Gasteiger partial charge in [-0.2, -0.15) is 0 Å². The molecule has 1 aromatic carbocycles. The molecule has 1 fully saturated rings. The van der Waals surface area contributed by atoms with Crippen LogP contribution in [0.5, 0.6) is 0 Å². The van der Waals surface area contributed by atoms with Crippen LogP contribution in [0.1, 0.15) is 37.8 Å². The van der Waals surface area contributed by atoms with Crippen LogP contribution in [-0.4, -0.2) is 31.1 Å². The van der Waals surface area contributed by atoms with Crippen LogP contribution in [-0.2, 0) is 0 Å². The van der Waals surface area contributed by atoms with Crippen LogP contribution in [0.2, 0.25) is 0 Å². The van der Waals surface area contributed by atoms with Crippen LogP contribution in [0.25, 0.3) is 0 Å². The maximum atomic E-state index is 12.9. The van der Waals surface area contributed by atoms with Gasteiger partial charge in [-0.25, -0.2) is 4.39 Å². The Morgan fingerprint density at radius 2 is 2.11 bits per heavy atom. The first kappa shape index (κ1) is 13.5. The molecule has 18 heavy (non-hydrogen) atoms. The molecule has 100 valence electrons. The average Bonchev–Trinajstić information content (AvgIpc) is 2.78. The molecule has 1 heterocycles. The highest BCUT2D eigenvalue weighted by Gasteiger charge is 2.21. The second kappa shape index (κ2) is 6.30. The Kier molecular flexibility index (Phi) is 4.72. The second-order valence-corrected chi connectivity index (χ2v) is 5.21. The summed E-state index contributed by atoms with van der Waals surface area (Å²) >= 11 is 0. The van der Waals surface area contributed by atoms with Crippen molar-refractivity contribution in [3.05, 3.63) is 35.6 Å². The molecule has 2 atom stereocenters. The fourth-order valence-electron chi connectivity index (χ4n) is 2.79. The molecule has 0 aliphatic carbocycles. The lowest BCUT2D eigenvalue weighted by atomic mass is 10.0. The summed E-state index contributed by atoms with van der Waals surface area (Å²) in [6, 6.07) is 7.87. The molecule has 0 spiro atoms. The maximum Gasteiger partial charge on any atom is 0.123 e. The topological polar surface area (TPSA) is 15.3 Å². The minimum atomic E-state index is -0.165. The number of halogens is 1. The zero-order valence-corrected chi connectivity index (χ0v) is 11.3. The Bertz CT molecular complexity index is 363. The number of benzene rings is 1. The van der Waals surface area contributed by atoms with Gasteiger partial charge in [-0.3, -0.25) is 0 Å². The molecule has 2 unspecified atom stereocenters. The van der Waals surface area contributed by atoms with E-state index in [0.717, 1.165) is 19.0 Å². The smallest absolute Gasteiger partial charge is 0.123 e. The second-order valence-electron chi connectivity index (χ2n) is 5.21. The van der Waals surface area contributed by atoms with Crippen LogP contribution in [0.15, 0.2) is 24.3 Å². The molecule has 1 saturated heterocycles. The van der Waals surface area contributed by atoms with Crippen molar-refractivity contribution in [2.75, 3.05) is 20.1 Å². The van der Waals surface area contributed by atoms with Gasteiger partial charge in [0.05, 0.1) is 0 Å². The van der Waals surface area contributed by atoms with Gasteiger partial charge in [-0.1, -0.05) is 12.1 Å². The zero-order valence-electron chi connectivity index (χ0n) is 11.3. The molecule has 1 aliphatic rings. The molecule has 0 amide bonds. The van der Waals surface area contributed by atoms with Gasteiger partial charge < -0.3 is 10.2 Å². The van der Waals surface area contributed by atoms with Gasteiger partial charge in [-0.15, -0.1) is 0 Å². The van der Waals surface area contributed by atoms with Gasteiger partial charge in [0.25, 0.3) is 0 Å². The average molecular weight is 250 g/mol. The van der Waals surface area contributed by atoms with E-state index in [1.165, 1.54) is 37.1 Å². The maximum absolute atomic E-state index is 12.9. The molecule has 2 nitrogen and oxygen atoms in total. The summed E-state index contributed by atoms with van der Waals surface area (Å²) in [4.78, 5) is 2.55. The third kappa shape index (κ3) is 3.30. The van der Waals surface area contributed by atoms with Gasteiger partial charge in [0, 0.05) is 18.6 Å². The number of hydrogen-bond donors (Lipinski definition) is 1. The Labute approximate surface area is 109 Å². The standard InChI is InChI=1S/C15H23FN2/c1-12-4-3-10-18(12)11-9-15(17-2)13-5-7-14(16)8-6-13/h5-8,12,15,17H,3-4,9-11H2,1-2H3. The fourth-order valence-corrected chi connectivity index (χ4v) is 2.79. The lowest BCUT2D eigenvalue weighted by Gasteiger charge is -2.24. The molecular weight excluding hydrogens is 227 g/mol. The van der Waals surface area contributed by atoms with E-state index in [9.17, 15) is 4.39 Å². The van der Waals surface area contributed by atoms with Crippen LogP contribution in [0, 0.1) is 5.82 Å². The molecule has 1 aliphatic heterocycles. The number of hydrogen-bond acceptors (Lipinski definition) is 2. The van der Waals surface area contributed by atoms with Gasteiger partial charge in [-0.05, 0) is 57.5 Å². The molecule has 1 N–H and O–H groups in total. The van der Waals surface area contributed by atoms with Crippen LogP contribution in [0.3, 0.4) is 0 Å². The molecule has 2 rings (SSSR count). The van der Waals surface area contributed by atoms with E-state index in [2.05, 4.69) is 17.1 Å². The van der Waals surface area contributed by atoms with Crippen LogP contribution in [0.4, 0.5) is 4.39 Å². The Balaban J connectivity index is 1.91. The normalized spacial score (nSPS) is 22.3. The molecule has 0 radical (unpaired) electrons. The highest BCUT2D eigenvalue weighted by Crippen LogP contribution is 2.21. The summed E-state index contributed by atoms with van der Waals surface area (Å²) in [5.41, 5.74) is 1.17. The van der Waals surface area contributed by atoms with E-state index in [1.54, 1.807) is 0 Å². The molecule has 0 saturated carbocycles. The predicted molar refractivity (Wildman–Crippen MR) is 73.1 cm³/mol. The summed E-state index contributed by atoms with van der Waals surface area (Å²) in [5, 5.41) is 3.33. The molecular formula is C15H23FN2. The van der Waals surface area contributed by atoms with Gasteiger partial charge in [0.1, 0.15) is 5.82 Å². The van der Waals surface area contributed by atoms with E-state index in [-0.39, 0.29) is 5.82 Å². The van der Waals surface area contributed by atoms with E-state index >= 15 is 0 Å². The van der Waals surface area contributed by atoms with Gasteiger partial charge in [0.15, 0.2) is 0 Å². The van der Waals surface area contributed by atoms with Crippen molar-refractivity contribution in [1.82, 2.24) is 10.2 Å². The minimum Gasteiger partial charge on any atom is -0.313 e. The van der Waals surface area contributed by atoms with Crippen molar-refractivity contribution >= 4 is 0 Å². The van der Waals surface area contributed by atoms with Gasteiger partial charge >= 0.3 is 0 Å². The molecule has 0 bridgehead atoms. The fraction of sp³-hybridized carbons (Fsp3) is 0.600. The third-order valence-electron chi connectivity index (χ3n) is 4.02. The first-order valence-corrected chi connectivity index (χ1v) is 6.87. The predicted octanol–water partition coefficient (Wildman–Crippen LogP) is 2.96. The first-order chi connectivity index (χ1) is 8.70. The number of rotatable bonds is 5. The molecule has 0 aromatic heterocycles. The summed E-state index contributed by atoms with van der Waals surface area (Å²) in [6.07, 6.45) is 3.72. The number of nitrogens with zero attached hydrogens (tertiary/aromatic N) is 1. The Hall–Kier alpha value is -0.930. The lowest BCUT2D eigenvalue weighted by Crippen LogP contribution is -2.30. The number of likely N-dealkylation sites (tertiary alicyclic amines) is 1. The van der Waals surface area contributed by atoms with Crippen molar-refractivity contribution in [2.24, 2.45) is 0 Å². The van der Waals surface area contributed by atoms with Crippen molar-refractivity contribution in [2.45, 2.75) is 38.3 Å². The monoisotopic (exact) mass is 250 g/mol. The quantitative estimate of drug-likeness (QED) is 0.864. The summed E-state index contributed by atoms with van der Waals surface area (Å²) in [6.45, 7) is 4.64.